The number of nitrogens with one attached hydrogen (secondary N) is 1. The molecule has 1 aliphatic rings. The predicted molar refractivity (Wildman–Crippen MR) is 104 cm³/mol. The second-order valence-electron chi connectivity index (χ2n) is 6.31. The standard InChI is InChI=1S/C19H18BrNO5S/c20-15-3-1-13(2-4-15)11-18(22)21-16-5-7-17(8-6-16)27(24,25)12-14-9-10-26-19(14)23/h1-8,14H,9-12H2,(H,21,22). The molecule has 1 saturated heterocycles. The molecule has 27 heavy (non-hydrogen) atoms. The summed E-state index contributed by atoms with van der Waals surface area (Å²) < 4.78 is 30.6. The van der Waals surface area contributed by atoms with Crippen molar-refractivity contribution in [2.45, 2.75) is 17.7 Å². The molecule has 0 aliphatic carbocycles. The zero-order chi connectivity index (χ0) is 19.4. The average molecular weight is 452 g/mol. The van der Waals surface area contributed by atoms with Crippen molar-refractivity contribution in [1.82, 2.24) is 0 Å². The van der Waals surface area contributed by atoms with Crippen LogP contribution in [0.2, 0.25) is 0 Å². The highest BCUT2D eigenvalue weighted by atomic mass is 79.9. The number of carbonyl (C=O) groups is 2. The number of hydrogen-bond acceptors (Lipinski definition) is 5. The molecule has 0 aromatic heterocycles. The Morgan fingerprint density at radius 2 is 1.78 bits per heavy atom. The maximum atomic E-state index is 12.4. The quantitative estimate of drug-likeness (QED) is 0.681. The largest absolute Gasteiger partial charge is 0.465 e. The monoisotopic (exact) mass is 451 g/mol. The second-order valence-corrected chi connectivity index (χ2v) is 9.26. The third-order valence-corrected chi connectivity index (χ3v) is 6.60. The van der Waals surface area contributed by atoms with Crippen LogP contribution in [0, 0.1) is 5.92 Å². The summed E-state index contributed by atoms with van der Waals surface area (Å²) in [4.78, 5) is 23.7. The van der Waals surface area contributed by atoms with Crippen molar-refractivity contribution >= 4 is 43.3 Å². The van der Waals surface area contributed by atoms with E-state index >= 15 is 0 Å². The van der Waals surface area contributed by atoms with Gasteiger partial charge >= 0.3 is 5.97 Å². The van der Waals surface area contributed by atoms with Gasteiger partial charge in [0.05, 0.1) is 29.6 Å². The Balaban J connectivity index is 1.61. The summed E-state index contributed by atoms with van der Waals surface area (Å²) in [6.07, 6.45) is 0.638. The van der Waals surface area contributed by atoms with Crippen molar-refractivity contribution in [3.63, 3.8) is 0 Å². The molecule has 2 aromatic carbocycles. The first-order valence-electron chi connectivity index (χ1n) is 8.37. The SMILES string of the molecule is O=C(Cc1ccc(Br)cc1)Nc1ccc(S(=O)(=O)CC2CCOC2=O)cc1. The lowest BCUT2D eigenvalue weighted by Crippen LogP contribution is -2.20. The topological polar surface area (TPSA) is 89.5 Å². The second kappa shape index (κ2) is 8.22. The lowest BCUT2D eigenvalue weighted by atomic mass is 10.1. The van der Waals surface area contributed by atoms with E-state index < -0.39 is 21.7 Å². The molecule has 8 heteroatoms. The van der Waals surface area contributed by atoms with Gasteiger partial charge in [-0.3, -0.25) is 9.59 Å². The van der Waals surface area contributed by atoms with Crippen molar-refractivity contribution in [3.05, 3.63) is 58.6 Å². The minimum absolute atomic E-state index is 0.119. The van der Waals surface area contributed by atoms with Gasteiger partial charge in [-0.1, -0.05) is 28.1 Å². The third kappa shape index (κ3) is 5.17. The molecule has 0 bridgehead atoms. The first kappa shape index (κ1) is 19.6. The van der Waals surface area contributed by atoms with Gasteiger partial charge in [-0.05, 0) is 48.4 Å². The molecule has 0 radical (unpaired) electrons. The van der Waals surface area contributed by atoms with Gasteiger partial charge in [0.15, 0.2) is 9.84 Å². The number of benzene rings is 2. The highest BCUT2D eigenvalue weighted by Gasteiger charge is 2.32. The van der Waals surface area contributed by atoms with Crippen LogP contribution in [0.5, 0.6) is 0 Å². The number of cyclic esters (lactones) is 1. The number of anilines is 1. The Morgan fingerprint density at radius 1 is 1.11 bits per heavy atom. The lowest BCUT2D eigenvalue weighted by molar-refractivity contribution is -0.140. The zero-order valence-corrected chi connectivity index (χ0v) is 16.8. The number of sulfone groups is 1. The van der Waals surface area contributed by atoms with Crippen LogP contribution in [0.4, 0.5) is 5.69 Å². The molecule has 1 heterocycles. The highest BCUT2D eigenvalue weighted by molar-refractivity contribution is 9.10. The van der Waals surface area contributed by atoms with Gasteiger partial charge in [0.2, 0.25) is 5.91 Å². The molecule has 1 amide bonds. The van der Waals surface area contributed by atoms with Crippen LogP contribution < -0.4 is 5.32 Å². The third-order valence-electron chi connectivity index (χ3n) is 4.24. The van der Waals surface area contributed by atoms with E-state index in [1.165, 1.54) is 12.1 Å². The number of rotatable bonds is 6. The van der Waals surface area contributed by atoms with Gasteiger partial charge in [-0.15, -0.1) is 0 Å². The molecule has 1 aliphatic heterocycles. The summed E-state index contributed by atoms with van der Waals surface area (Å²) in [5.74, 6) is -1.53. The van der Waals surface area contributed by atoms with Gasteiger partial charge in [0.1, 0.15) is 0 Å². The smallest absolute Gasteiger partial charge is 0.310 e. The molecule has 1 unspecified atom stereocenters. The van der Waals surface area contributed by atoms with Crippen molar-refractivity contribution < 1.29 is 22.7 Å². The van der Waals surface area contributed by atoms with Crippen LogP contribution in [0.3, 0.4) is 0 Å². The van der Waals surface area contributed by atoms with Crippen LogP contribution >= 0.6 is 15.9 Å². The maximum absolute atomic E-state index is 12.4. The average Bonchev–Trinajstić information content (AvgIpc) is 3.01. The van der Waals surface area contributed by atoms with Crippen LogP contribution in [-0.4, -0.2) is 32.7 Å². The highest BCUT2D eigenvalue weighted by Crippen LogP contribution is 2.22. The van der Waals surface area contributed by atoms with E-state index in [9.17, 15) is 18.0 Å². The van der Waals surface area contributed by atoms with Crippen LogP contribution in [0.15, 0.2) is 57.9 Å². The van der Waals surface area contributed by atoms with Crippen molar-refractivity contribution in [2.75, 3.05) is 17.7 Å². The number of amides is 1. The zero-order valence-electron chi connectivity index (χ0n) is 14.4. The van der Waals surface area contributed by atoms with Crippen molar-refractivity contribution in [2.24, 2.45) is 5.92 Å². The predicted octanol–water partition coefficient (Wildman–Crippen LogP) is 2.97. The summed E-state index contributed by atoms with van der Waals surface area (Å²) >= 11 is 3.34. The van der Waals surface area contributed by atoms with E-state index in [0.717, 1.165) is 10.0 Å². The Kier molecular flexibility index (Phi) is 5.96. The number of halogens is 1. The summed E-state index contributed by atoms with van der Waals surface area (Å²) in [5.41, 5.74) is 1.38. The fourth-order valence-electron chi connectivity index (χ4n) is 2.79. The molecule has 6 nitrogen and oxygen atoms in total. The van der Waals surface area contributed by atoms with Crippen LogP contribution in [0.25, 0.3) is 0 Å². The number of esters is 1. The molecular weight excluding hydrogens is 434 g/mol. The summed E-state index contributed by atoms with van der Waals surface area (Å²) in [5, 5.41) is 2.74. The van der Waals surface area contributed by atoms with Crippen LogP contribution in [-0.2, 0) is 30.6 Å². The molecule has 0 spiro atoms. The Bertz CT molecular complexity index is 939. The molecule has 0 saturated carbocycles. The van der Waals surface area contributed by atoms with Crippen LogP contribution in [0.1, 0.15) is 12.0 Å². The molecule has 1 atom stereocenters. The summed E-state index contributed by atoms with van der Waals surface area (Å²) in [7, 11) is -3.59. The van der Waals surface area contributed by atoms with Gasteiger partial charge in [0.25, 0.3) is 0 Å². The van der Waals surface area contributed by atoms with E-state index in [0.29, 0.717) is 12.1 Å². The number of ether oxygens (including phenoxy) is 1. The van der Waals surface area contributed by atoms with Gasteiger partial charge < -0.3 is 10.1 Å². The minimum Gasteiger partial charge on any atom is -0.465 e. The minimum atomic E-state index is -3.59. The first-order chi connectivity index (χ1) is 12.8. The number of carbonyl (C=O) groups excluding carboxylic acids is 2. The summed E-state index contributed by atoms with van der Waals surface area (Å²) in [6.45, 7) is 0.266. The van der Waals surface area contributed by atoms with E-state index in [2.05, 4.69) is 21.2 Å². The van der Waals surface area contributed by atoms with Crippen molar-refractivity contribution in [1.29, 1.82) is 0 Å². The van der Waals surface area contributed by atoms with E-state index in [1.807, 2.05) is 24.3 Å². The Labute approximate surface area is 166 Å². The fourth-order valence-corrected chi connectivity index (χ4v) is 4.63. The molecular formula is C19H18BrNO5S. The molecule has 1 N–H and O–H groups in total. The van der Waals surface area contributed by atoms with Crippen molar-refractivity contribution in [3.8, 4) is 0 Å². The normalized spacial score (nSPS) is 16.8. The van der Waals surface area contributed by atoms with E-state index in [4.69, 9.17) is 4.74 Å². The van der Waals surface area contributed by atoms with Gasteiger partial charge in [-0.2, -0.15) is 0 Å². The lowest BCUT2D eigenvalue weighted by Gasteiger charge is -2.09. The van der Waals surface area contributed by atoms with Gasteiger partial charge in [-0.25, -0.2) is 8.42 Å². The maximum Gasteiger partial charge on any atom is 0.310 e. The van der Waals surface area contributed by atoms with E-state index in [1.54, 1.807) is 12.1 Å². The number of hydrogen-bond donors (Lipinski definition) is 1. The Hall–Kier alpha value is -2.19. The Morgan fingerprint density at radius 3 is 2.37 bits per heavy atom. The van der Waals surface area contributed by atoms with E-state index in [-0.39, 0.29) is 29.6 Å². The molecule has 3 rings (SSSR count). The molecule has 1 fully saturated rings. The summed E-state index contributed by atoms with van der Waals surface area (Å²) in [6, 6.07) is 13.4. The first-order valence-corrected chi connectivity index (χ1v) is 10.8. The fraction of sp³-hybridized carbons (Fsp3) is 0.263. The molecule has 142 valence electrons. The van der Waals surface area contributed by atoms with Gasteiger partial charge in [0, 0.05) is 10.2 Å². The molecule has 2 aromatic rings.